The molecular formula is C22H14F2N8O3S. The van der Waals surface area contributed by atoms with E-state index in [-0.39, 0.29) is 17.1 Å². The monoisotopic (exact) mass is 508 g/mol. The molecule has 0 aliphatic heterocycles. The Kier molecular flexibility index (Phi) is 5.53. The molecule has 0 aliphatic carbocycles. The van der Waals surface area contributed by atoms with Crippen LogP contribution in [0.2, 0.25) is 0 Å². The molecule has 0 aliphatic rings. The number of hydrogen-bond donors (Lipinski definition) is 2. The number of halogens is 2. The quantitative estimate of drug-likeness (QED) is 0.355. The third-order valence-electron chi connectivity index (χ3n) is 5.16. The van der Waals surface area contributed by atoms with Gasteiger partial charge in [0.05, 0.1) is 41.3 Å². The van der Waals surface area contributed by atoms with Crippen molar-refractivity contribution >= 4 is 21.2 Å². The third-order valence-corrected chi connectivity index (χ3v) is 6.52. The summed E-state index contributed by atoms with van der Waals surface area (Å²) >= 11 is 0. The fourth-order valence-corrected chi connectivity index (χ4v) is 4.71. The topological polar surface area (TPSA) is 151 Å². The molecule has 180 valence electrons. The van der Waals surface area contributed by atoms with Crippen LogP contribution in [0.1, 0.15) is 5.56 Å². The summed E-state index contributed by atoms with van der Waals surface area (Å²) in [4.78, 5) is 18.8. The number of sulfonamides is 1. The molecule has 0 atom stereocenters. The Labute approximate surface area is 202 Å². The van der Waals surface area contributed by atoms with Gasteiger partial charge in [0.2, 0.25) is 5.88 Å². The Morgan fingerprint density at radius 1 is 1.17 bits per heavy atom. The predicted octanol–water partition coefficient (Wildman–Crippen LogP) is 3.14. The molecule has 5 rings (SSSR count). The molecule has 0 bridgehead atoms. The fourth-order valence-electron chi connectivity index (χ4n) is 3.51. The highest BCUT2D eigenvalue weighted by molar-refractivity contribution is 7.92. The minimum Gasteiger partial charge on any atom is -0.480 e. The standard InChI is InChI=1S/C22H14F2N8O3S/c1-35-22-17(6-12(7-25)8-29-22)36(33,34)31-14-3-2-13(23)18(19(14)24)15-10-32-11-30-20(16(32)9-28-15)21-26-4-5-27-21/h2-6,8-11,31H,1H3,(H,26,27). The Morgan fingerprint density at radius 2 is 2.00 bits per heavy atom. The lowest BCUT2D eigenvalue weighted by molar-refractivity contribution is 0.385. The molecule has 0 fully saturated rings. The summed E-state index contributed by atoms with van der Waals surface area (Å²) in [6.07, 6.45) is 8.48. The summed E-state index contributed by atoms with van der Waals surface area (Å²) in [6, 6.07) is 4.65. The van der Waals surface area contributed by atoms with Gasteiger partial charge in [0.25, 0.3) is 10.0 Å². The van der Waals surface area contributed by atoms with E-state index >= 15 is 4.39 Å². The van der Waals surface area contributed by atoms with Gasteiger partial charge in [-0.25, -0.2) is 32.2 Å². The number of aromatic amines is 1. The second-order valence-electron chi connectivity index (χ2n) is 7.33. The molecule has 0 spiro atoms. The maximum absolute atomic E-state index is 15.5. The fraction of sp³-hybridized carbons (Fsp3) is 0.0455. The van der Waals surface area contributed by atoms with Crippen molar-refractivity contribution in [1.29, 1.82) is 5.26 Å². The molecular weight excluding hydrogens is 494 g/mol. The average Bonchev–Trinajstić information content (AvgIpc) is 3.55. The van der Waals surface area contributed by atoms with Gasteiger partial charge in [0.1, 0.15) is 23.9 Å². The van der Waals surface area contributed by atoms with Crippen LogP contribution in [-0.4, -0.2) is 44.8 Å². The molecule has 5 aromatic rings. The van der Waals surface area contributed by atoms with E-state index < -0.39 is 37.8 Å². The number of imidazole rings is 2. The van der Waals surface area contributed by atoms with Crippen LogP contribution in [0.15, 0.2) is 60.4 Å². The maximum atomic E-state index is 15.5. The molecule has 0 amide bonds. The number of pyridine rings is 1. The normalized spacial score (nSPS) is 11.4. The number of nitrogens with one attached hydrogen (secondary N) is 2. The summed E-state index contributed by atoms with van der Waals surface area (Å²) in [7, 11) is -3.28. The number of nitrogens with zero attached hydrogens (tertiary/aromatic N) is 6. The van der Waals surface area contributed by atoms with E-state index in [2.05, 4.69) is 29.6 Å². The highest BCUT2D eigenvalue weighted by Crippen LogP contribution is 2.32. The number of aromatic nitrogens is 6. The van der Waals surface area contributed by atoms with Gasteiger partial charge in [-0.1, -0.05) is 0 Å². The van der Waals surface area contributed by atoms with Crippen LogP contribution in [0.5, 0.6) is 5.88 Å². The largest absolute Gasteiger partial charge is 0.480 e. The Balaban J connectivity index is 1.56. The van der Waals surface area contributed by atoms with Crippen molar-refractivity contribution in [2.24, 2.45) is 0 Å². The first-order valence-electron chi connectivity index (χ1n) is 10.1. The zero-order valence-corrected chi connectivity index (χ0v) is 19.1. The zero-order valence-electron chi connectivity index (χ0n) is 18.3. The van der Waals surface area contributed by atoms with Crippen molar-refractivity contribution in [3.63, 3.8) is 0 Å². The van der Waals surface area contributed by atoms with E-state index in [9.17, 15) is 12.8 Å². The lowest BCUT2D eigenvalue weighted by Crippen LogP contribution is -2.16. The van der Waals surface area contributed by atoms with Crippen LogP contribution in [0.25, 0.3) is 28.3 Å². The summed E-state index contributed by atoms with van der Waals surface area (Å²) in [5.41, 5.74) is -0.233. The number of benzene rings is 1. The first-order chi connectivity index (χ1) is 17.3. The van der Waals surface area contributed by atoms with Gasteiger partial charge in [0, 0.05) is 24.8 Å². The van der Waals surface area contributed by atoms with Gasteiger partial charge >= 0.3 is 0 Å². The van der Waals surface area contributed by atoms with E-state index in [1.165, 1.54) is 30.2 Å². The van der Waals surface area contributed by atoms with Crippen molar-refractivity contribution in [3.05, 3.63) is 72.7 Å². The molecule has 0 saturated heterocycles. The van der Waals surface area contributed by atoms with Crippen LogP contribution in [-0.2, 0) is 10.0 Å². The molecule has 14 heteroatoms. The van der Waals surface area contributed by atoms with Crippen molar-refractivity contribution in [1.82, 2.24) is 29.3 Å². The molecule has 0 unspecified atom stereocenters. The first-order valence-corrected chi connectivity index (χ1v) is 11.6. The van der Waals surface area contributed by atoms with Gasteiger partial charge in [-0.15, -0.1) is 0 Å². The number of rotatable bonds is 6. The molecule has 0 radical (unpaired) electrons. The van der Waals surface area contributed by atoms with Gasteiger partial charge < -0.3 is 14.1 Å². The highest BCUT2D eigenvalue weighted by Gasteiger charge is 2.25. The van der Waals surface area contributed by atoms with Crippen molar-refractivity contribution in [2.45, 2.75) is 4.90 Å². The van der Waals surface area contributed by atoms with Crippen molar-refractivity contribution < 1.29 is 21.9 Å². The second-order valence-corrected chi connectivity index (χ2v) is 8.98. The van der Waals surface area contributed by atoms with Gasteiger partial charge in [-0.05, 0) is 18.2 Å². The maximum Gasteiger partial charge on any atom is 0.267 e. The van der Waals surface area contributed by atoms with Crippen LogP contribution >= 0.6 is 0 Å². The van der Waals surface area contributed by atoms with E-state index in [0.29, 0.717) is 17.0 Å². The minimum absolute atomic E-state index is 0.0526. The Bertz CT molecular complexity index is 1760. The van der Waals surface area contributed by atoms with E-state index in [1.54, 1.807) is 18.5 Å². The number of ether oxygens (including phenoxy) is 1. The summed E-state index contributed by atoms with van der Waals surface area (Å²) in [5.74, 6) is -1.96. The summed E-state index contributed by atoms with van der Waals surface area (Å²) < 4.78 is 64.7. The smallest absolute Gasteiger partial charge is 0.267 e. The number of hydrogen-bond acceptors (Lipinski definition) is 8. The van der Waals surface area contributed by atoms with E-state index in [4.69, 9.17) is 10.00 Å². The van der Waals surface area contributed by atoms with E-state index in [0.717, 1.165) is 24.4 Å². The number of fused-ring (bicyclic) bond motifs is 1. The summed E-state index contributed by atoms with van der Waals surface area (Å²) in [6.45, 7) is 0. The Morgan fingerprint density at radius 3 is 2.72 bits per heavy atom. The molecule has 0 saturated carbocycles. The molecule has 11 nitrogen and oxygen atoms in total. The molecule has 4 aromatic heterocycles. The molecule has 36 heavy (non-hydrogen) atoms. The summed E-state index contributed by atoms with van der Waals surface area (Å²) in [5, 5.41) is 9.08. The van der Waals surface area contributed by atoms with E-state index in [1.807, 2.05) is 0 Å². The van der Waals surface area contributed by atoms with Crippen LogP contribution in [0.3, 0.4) is 0 Å². The van der Waals surface area contributed by atoms with Crippen LogP contribution in [0, 0.1) is 23.0 Å². The Hall–Kier alpha value is -4.90. The molecule has 4 heterocycles. The highest BCUT2D eigenvalue weighted by atomic mass is 32.2. The molecule has 2 N–H and O–H groups in total. The number of methoxy groups -OCH3 is 1. The van der Waals surface area contributed by atoms with Crippen molar-refractivity contribution in [3.8, 4) is 34.7 Å². The number of anilines is 1. The van der Waals surface area contributed by atoms with Crippen LogP contribution < -0.4 is 9.46 Å². The van der Waals surface area contributed by atoms with Gasteiger partial charge in [0.15, 0.2) is 16.5 Å². The number of H-pyrrole nitrogens is 1. The average molecular weight is 508 g/mol. The predicted molar refractivity (Wildman–Crippen MR) is 122 cm³/mol. The number of nitriles is 1. The zero-order chi connectivity index (χ0) is 25.4. The lowest BCUT2D eigenvalue weighted by atomic mass is 10.1. The second kappa shape index (κ2) is 8.71. The SMILES string of the molecule is COc1ncc(C#N)cc1S(=O)(=O)Nc1ccc(F)c(-c2cn3cnc(-c4ncc[nH]4)c3cn2)c1F. The van der Waals surface area contributed by atoms with Crippen LogP contribution in [0.4, 0.5) is 14.5 Å². The third kappa shape index (κ3) is 3.87. The lowest BCUT2D eigenvalue weighted by Gasteiger charge is -2.14. The van der Waals surface area contributed by atoms with Gasteiger partial charge in [-0.3, -0.25) is 9.71 Å². The van der Waals surface area contributed by atoms with Crippen molar-refractivity contribution in [2.75, 3.05) is 11.8 Å². The molecule has 1 aromatic carbocycles. The van der Waals surface area contributed by atoms with Gasteiger partial charge in [-0.2, -0.15) is 5.26 Å². The first kappa shape index (κ1) is 22.9. The minimum atomic E-state index is -4.48.